The first kappa shape index (κ1) is 14.3. The van der Waals surface area contributed by atoms with Gasteiger partial charge in [0.25, 0.3) is 10.1 Å². The summed E-state index contributed by atoms with van der Waals surface area (Å²) in [4.78, 5) is -0.838. The summed E-state index contributed by atoms with van der Waals surface area (Å²) in [5.74, 6) is 0. The molecule has 10 heteroatoms. The lowest BCUT2D eigenvalue weighted by Crippen LogP contribution is -2.68. The molecule has 0 saturated carbocycles. The van der Waals surface area contributed by atoms with E-state index in [-0.39, 0.29) is 10.6 Å². The molecule has 0 aliphatic rings. The molecule has 98 valence electrons. The highest BCUT2D eigenvalue weighted by atomic mass is 32.2. The van der Waals surface area contributed by atoms with Gasteiger partial charge >= 0.3 is 0 Å². The molecule has 1 rings (SSSR count). The van der Waals surface area contributed by atoms with E-state index in [4.69, 9.17) is 10.1 Å². The molecule has 0 atom stereocenters. The summed E-state index contributed by atoms with van der Waals surface area (Å²) in [7, 11) is -8.32. The zero-order chi connectivity index (χ0) is 14.0. The number of nitrogens with one attached hydrogen (secondary N) is 2. The SMILES string of the molecule is C=CS(=O)(=O)c1ccc(S(=O)(=O)O)cc1N[NH+]=[N-]. The van der Waals surface area contributed by atoms with Crippen molar-refractivity contribution in [1.29, 1.82) is 0 Å². The van der Waals surface area contributed by atoms with Gasteiger partial charge in [-0.25, -0.2) is 8.42 Å². The highest BCUT2D eigenvalue weighted by Crippen LogP contribution is 2.25. The van der Waals surface area contributed by atoms with Crippen LogP contribution in [0.25, 0.3) is 5.53 Å². The second-order valence-electron chi connectivity index (χ2n) is 3.08. The average Bonchev–Trinajstić information content (AvgIpc) is 2.28. The number of hydrogen-bond acceptors (Lipinski definition) is 4. The first-order valence-electron chi connectivity index (χ1n) is 4.36. The van der Waals surface area contributed by atoms with Gasteiger partial charge in [-0.3, -0.25) is 9.98 Å². The molecule has 0 bridgehead atoms. The van der Waals surface area contributed by atoms with E-state index in [0.29, 0.717) is 5.41 Å². The molecule has 0 spiro atoms. The third kappa shape index (κ3) is 2.91. The highest BCUT2D eigenvalue weighted by Gasteiger charge is 2.18. The van der Waals surface area contributed by atoms with Crippen molar-refractivity contribution in [2.45, 2.75) is 9.79 Å². The van der Waals surface area contributed by atoms with E-state index in [2.05, 4.69) is 6.58 Å². The van der Waals surface area contributed by atoms with Gasteiger partial charge in [-0.15, -0.1) is 0 Å². The molecule has 0 saturated heterocycles. The average molecular weight is 291 g/mol. The normalized spacial score (nSPS) is 11.8. The summed E-state index contributed by atoms with van der Waals surface area (Å²) in [6, 6.07) is 2.71. The van der Waals surface area contributed by atoms with E-state index in [1.807, 2.05) is 5.43 Å². The number of nitrogens with zero attached hydrogens (tertiary/aromatic N) is 1. The van der Waals surface area contributed by atoms with Crippen molar-refractivity contribution in [3.63, 3.8) is 0 Å². The van der Waals surface area contributed by atoms with Crippen LogP contribution in [0.5, 0.6) is 0 Å². The van der Waals surface area contributed by atoms with Crippen LogP contribution < -0.4 is 10.6 Å². The number of sulfone groups is 1. The second-order valence-corrected chi connectivity index (χ2v) is 6.37. The number of hydrogen-bond donors (Lipinski definition) is 3. The van der Waals surface area contributed by atoms with Crippen LogP contribution in [0, 0.1) is 0 Å². The molecule has 1 aromatic carbocycles. The van der Waals surface area contributed by atoms with Gasteiger partial charge in [-0.05, 0) is 18.2 Å². The van der Waals surface area contributed by atoms with Gasteiger partial charge in [0.2, 0.25) is 0 Å². The first-order chi connectivity index (χ1) is 8.22. The fraction of sp³-hybridized carbons (Fsp3) is 0. The monoisotopic (exact) mass is 291 g/mol. The Morgan fingerprint density at radius 2 is 1.94 bits per heavy atom. The van der Waals surface area contributed by atoms with Crippen LogP contribution in [0.2, 0.25) is 0 Å². The molecule has 0 heterocycles. The van der Waals surface area contributed by atoms with Crippen molar-refractivity contribution < 1.29 is 26.6 Å². The van der Waals surface area contributed by atoms with Crippen LogP contribution in [-0.4, -0.2) is 21.4 Å². The Balaban J connectivity index is 3.58. The minimum Gasteiger partial charge on any atom is -0.282 e. The molecule has 0 unspecified atom stereocenters. The summed E-state index contributed by atoms with van der Waals surface area (Å²) in [5, 5.41) is 2.14. The van der Waals surface area contributed by atoms with Crippen molar-refractivity contribution in [3.05, 3.63) is 35.7 Å². The predicted molar refractivity (Wildman–Crippen MR) is 61.6 cm³/mol. The zero-order valence-electron chi connectivity index (χ0n) is 8.86. The Labute approximate surface area is 103 Å². The van der Waals surface area contributed by atoms with Gasteiger partial charge < -0.3 is 0 Å². The van der Waals surface area contributed by atoms with Crippen LogP contribution in [0.15, 0.2) is 40.0 Å². The van der Waals surface area contributed by atoms with E-state index in [9.17, 15) is 16.8 Å². The smallest absolute Gasteiger partial charge is 0.282 e. The van der Waals surface area contributed by atoms with Crippen LogP contribution in [0.1, 0.15) is 0 Å². The Bertz CT molecular complexity index is 693. The third-order valence-corrected chi connectivity index (χ3v) is 4.22. The van der Waals surface area contributed by atoms with Crippen molar-refractivity contribution >= 4 is 25.6 Å². The van der Waals surface area contributed by atoms with E-state index < -0.39 is 24.9 Å². The molecular weight excluding hydrogens is 282 g/mol. The van der Waals surface area contributed by atoms with Gasteiger partial charge in [0, 0.05) is 11.1 Å². The van der Waals surface area contributed by atoms with Crippen molar-refractivity contribution in [2.24, 2.45) is 0 Å². The first-order valence-corrected chi connectivity index (χ1v) is 7.35. The Kier molecular flexibility index (Phi) is 3.84. The summed E-state index contributed by atoms with van der Waals surface area (Å²) >= 11 is 0. The molecule has 0 aliphatic carbocycles. The lowest BCUT2D eigenvalue weighted by atomic mass is 10.3. The molecule has 0 amide bonds. The molecule has 0 fully saturated rings. The lowest BCUT2D eigenvalue weighted by molar-refractivity contribution is -0.444. The van der Waals surface area contributed by atoms with E-state index in [1.165, 1.54) is 5.22 Å². The number of rotatable bonds is 5. The lowest BCUT2D eigenvalue weighted by Gasteiger charge is -2.09. The van der Waals surface area contributed by atoms with Crippen molar-refractivity contribution in [1.82, 2.24) is 0 Å². The quantitative estimate of drug-likeness (QED) is 0.372. The van der Waals surface area contributed by atoms with Crippen LogP contribution in [-0.2, 0) is 20.0 Å². The van der Waals surface area contributed by atoms with Gasteiger partial charge in [0.1, 0.15) is 0 Å². The molecule has 8 nitrogen and oxygen atoms in total. The zero-order valence-corrected chi connectivity index (χ0v) is 10.5. The molecule has 18 heavy (non-hydrogen) atoms. The Morgan fingerprint density at radius 1 is 1.33 bits per heavy atom. The number of benzene rings is 1. The maximum absolute atomic E-state index is 11.6. The Morgan fingerprint density at radius 3 is 2.39 bits per heavy atom. The summed E-state index contributed by atoms with van der Waals surface area (Å²) < 4.78 is 53.8. The molecule has 0 aliphatic heterocycles. The molecule has 3 N–H and O–H groups in total. The van der Waals surface area contributed by atoms with Crippen LogP contribution in [0.4, 0.5) is 5.69 Å². The van der Waals surface area contributed by atoms with E-state index >= 15 is 0 Å². The fourth-order valence-corrected chi connectivity index (χ4v) is 2.53. The molecule has 0 radical (unpaired) electrons. The molecule has 1 aromatic rings. The second kappa shape index (κ2) is 4.84. The van der Waals surface area contributed by atoms with Crippen molar-refractivity contribution in [3.8, 4) is 0 Å². The van der Waals surface area contributed by atoms with Crippen LogP contribution >= 0.6 is 0 Å². The topological polar surface area (TPSA) is 137 Å². The standard InChI is InChI=1S/C8H9N3O5S2/c1-2-17(12,13)8-4-3-6(18(14,15)16)5-7(8)10-11-9/h2-5,11H,1H2,(H2-,9,10,14,15,16). The van der Waals surface area contributed by atoms with Crippen LogP contribution in [0.3, 0.4) is 0 Å². The van der Waals surface area contributed by atoms with Crippen molar-refractivity contribution in [2.75, 3.05) is 5.43 Å². The maximum Gasteiger partial charge on any atom is 0.294 e. The summed E-state index contributed by atoms with van der Waals surface area (Å²) in [5.41, 5.74) is 10.3. The van der Waals surface area contributed by atoms with Gasteiger partial charge in [-0.2, -0.15) is 19.2 Å². The number of anilines is 1. The van der Waals surface area contributed by atoms with E-state index in [1.54, 1.807) is 0 Å². The summed E-state index contributed by atoms with van der Waals surface area (Å²) in [6.07, 6.45) is 0. The number of hydrazine groups is 1. The van der Waals surface area contributed by atoms with Gasteiger partial charge in [0.05, 0.1) is 9.79 Å². The minimum atomic E-state index is -4.48. The summed E-state index contributed by atoms with van der Waals surface area (Å²) in [6.45, 7) is 3.11. The van der Waals surface area contributed by atoms with Gasteiger partial charge in [0.15, 0.2) is 9.84 Å². The van der Waals surface area contributed by atoms with Gasteiger partial charge in [-0.1, -0.05) is 6.58 Å². The molecule has 0 aromatic heterocycles. The Hall–Kier alpha value is -1.78. The largest absolute Gasteiger partial charge is 0.294 e. The third-order valence-electron chi connectivity index (χ3n) is 1.97. The maximum atomic E-state index is 11.6. The molecular formula is C8H9N3O5S2. The minimum absolute atomic E-state index is 0.257. The fourth-order valence-electron chi connectivity index (χ4n) is 1.17. The highest BCUT2D eigenvalue weighted by molar-refractivity contribution is 7.94. The van der Waals surface area contributed by atoms with E-state index in [0.717, 1.165) is 18.2 Å². The predicted octanol–water partition coefficient (Wildman–Crippen LogP) is -0.720.